The Labute approximate surface area is 414 Å². The number of nitrogens with one attached hydrogen (secondary N) is 1. The van der Waals surface area contributed by atoms with Crippen LogP contribution in [-0.4, -0.2) is 118 Å². The second-order valence-corrected chi connectivity index (χ2v) is 20.3. The number of ketones is 1. The average Bonchev–Trinajstić information content (AvgIpc) is 3.33. The Kier molecular flexibility index (Phi) is 15.5. The molecule has 3 fully saturated rings. The first-order chi connectivity index (χ1) is 33.9. The Morgan fingerprint density at radius 3 is 1.99 bits per heavy atom. The summed E-state index contributed by atoms with van der Waals surface area (Å²) < 4.78 is 59.3. The lowest BCUT2D eigenvalue weighted by Gasteiger charge is -2.67. The van der Waals surface area contributed by atoms with Crippen LogP contribution in [0.1, 0.15) is 100 Å². The van der Waals surface area contributed by atoms with Gasteiger partial charge in [0.2, 0.25) is 6.10 Å². The summed E-state index contributed by atoms with van der Waals surface area (Å²) in [7, 11) is -5.18. The van der Waals surface area contributed by atoms with Gasteiger partial charge in [-0.05, 0) is 54.8 Å². The predicted octanol–water partition coefficient (Wildman–Crippen LogP) is 4.79. The molecule has 20 nitrogen and oxygen atoms in total. The van der Waals surface area contributed by atoms with E-state index in [4.69, 9.17) is 33.2 Å². The number of rotatable bonds is 16. The minimum atomic E-state index is -5.18. The molecule has 0 aromatic heterocycles. The van der Waals surface area contributed by atoms with Gasteiger partial charge in [0.1, 0.15) is 30.0 Å². The number of aliphatic hydroxyl groups is 1. The molecule has 21 heteroatoms. The number of phosphoric acid groups is 1. The number of hydrogen-bond acceptors (Lipinski definition) is 17. The van der Waals surface area contributed by atoms with Crippen molar-refractivity contribution in [1.82, 2.24) is 5.32 Å². The Morgan fingerprint density at radius 2 is 1.44 bits per heavy atom. The molecule has 1 saturated heterocycles. The lowest BCUT2D eigenvalue weighted by Crippen LogP contribution is -2.82. The molecule has 3 aliphatic carbocycles. The second kappa shape index (κ2) is 20.8. The number of benzene rings is 3. The normalized spacial score (nSPS) is 29.2. The predicted molar refractivity (Wildman–Crippen MR) is 249 cm³/mol. The van der Waals surface area contributed by atoms with Crippen LogP contribution in [0.5, 0.6) is 0 Å². The monoisotopic (exact) mass is 1020 g/mol. The highest BCUT2D eigenvalue weighted by molar-refractivity contribution is 7.46. The molecule has 0 unspecified atom stereocenters. The summed E-state index contributed by atoms with van der Waals surface area (Å²) in [5, 5.41) is 16.8. The second-order valence-electron chi connectivity index (χ2n) is 19.1. The summed E-state index contributed by atoms with van der Waals surface area (Å²) in [4.78, 5) is 119. The van der Waals surface area contributed by atoms with E-state index in [-0.39, 0.29) is 35.1 Å². The van der Waals surface area contributed by atoms with Crippen LogP contribution in [0.3, 0.4) is 0 Å². The summed E-state index contributed by atoms with van der Waals surface area (Å²) in [5.74, 6) is -8.25. The van der Waals surface area contributed by atoms with Gasteiger partial charge >= 0.3 is 37.7 Å². The van der Waals surface area contributed by atoms with E-state index in [1.807, 2.05) is 0 Å². The largest absolute Gasteiger partial charge is 0.471 e. The van der Waals surface area contributed by atoms with Crippen LogP contribution in [0.15, 0.2) is 102 Å². The summed E-state index contributed by atoms with van der Waals surface area (Å²) in [5.41, 5.74) is -7.97. The number of carbonyl (C=O) groups excluding carboxylic acids is 7. The maximum Gasteiger partial charge on any atom is 0.471 e. The van der Waals surface area contributed by atoms with E-state index in [2.05, 4.69) is 9.84 Å². The van der Waals surface area contributed by atoms with Crippen molar-refractivity contribution in [2.45, 2.75) is 122 Å². The van der Waals surface area contributed by atoms with Gasteiger partial charge in [-0.1, -0.05) is 87.5 Å². The van der Waals surface area contributed by atoms with Gasteiger partial charge in [0, 0.05) is 44.1 Å². The highest BCUT2D eigenvalue weighted by atomic mass is 31.2. The molecule has 386 valence electrons. The van der Waals surface area contributed by atoms with Crippen LogP contribution in [-0.2, 0) is 66.2 Å². The van der Waals surface area contributed by atoms with Gasteiger partial charge in [-0.25, -0.2) is 14.2 Å². The molecule has 3 aromatic rings. The zero-order valence-corrected chi connectivity index (χ0v) is 41.5. The van der Waals surface area contributed by atoms with Crippen molar-refractivity contribution in [2.24, 2.45) is 16.7 Å². The molecule has 1 amide bonds. The van der Waals surface area contributed by atoms with E-state index >= 15 is 9.59 Å². The maximum absolute atomic E-state index is 16.1. The van der Waals surface area contributed by atoms with Crippen molar-refractivity contribution in [3.63, 3.8) is 0 Å². The zero-order chi connectivity index (χ0) is 52.6. The molecule has 3 aromatic carbocycles. The fraction of sp³-hybridized carbons (Fsp3) is 0.471. The Hall–Kier alpha value is -6.12. The molecule has 2 bridgehead atoms. The van der Waals surface area contributed by atoms with Crippen LogP contribution >= 0.6 is 7.82 Å². The third-order valence-electron chi connectivity index (χ3n) is 14.5. The number of Topliss-reactive ketones (excluding diaryl/α,β-unsaturated/α-hetero) is 1. The van der Waals surface area contributed by atoms with Crippen molar-refractivity contribution in [2.75, 3.05) is 13.4 Å². The molecule has 1 heterocycles. The maximum atomic E-state index is 16.1. The number of fused-ring (bicyclic) bond motifs is 5. The van der Waals surface area contributed by atoms with E-state index in [1.165, 1.54) is 46.8 Å². The van der Waals surface area contributed by atoms with Gasteiger partial charge in [0.25, 0.3) is 5.91 Å². The number of phosphoric ester groups is 1. The molecule has 1 aliphatic heterocycles. The van der Waals surface area contributed by atoms with Crippen molar-refractivity contribution < 1.29 is 90.7 Å². The smallest absolute Gasteiger partial charge is 0.455 e. The first-order valence-electron chi connectivity index (χ1n) is 23.2. The number of esters is 5. The van der Waals surface area contributed by atoms with Gasteiger partial charge in [-0.2, -0.15) is 0 Å². The highest BCUT2D eigenvalue weighted by Crippen LogP contribution is 2.65. The third-order valence-corrected chi connectivity index (χ3v) is 14.9. The zero-order valence-electron chi connectivity index (χ0n) is 40.6. The molecule has 0 spiro atoms. The summed E-state index contributed by atoms with van der Waals surface area (Å²) in [6.07, 6.45) is -11.3. The molecule has 4 N–H and O–H groups in total. The summed E-state index contributed by atoms with van der Waals surface area (Å²) in [6.45, 7) is 7.95. The molecule has 0 radical (unpaired) electrons. The van der Waals surface area contributed by atoms with E-state index in [1.54, 1.807) is 78.9 Å². The molecule has 72 heavy (non-hydrogen) atoms. The van der Waals surface area contributed by atoms with Gasteiger partial charge < -0.3 is 53.4 Å². The fourth-order valence-electron chi connectivity index (χ4n) is 10.9. The lowest BCUT2D eigenvalue weighted by molar-refractivity contribution is -0.350. The van der Waals surface area contributed by atoms with Crippen LogP contribution < -0.4 is 5.32 Å². The summed E-state index contributed by atoms with van der Waals surface area (Å²) >= 11 is 0. The molecule has 4 aliphatic rings. The Morgan fingerprint density at radius 1 is 0.847 bits per heavy atom. The van der Waals surface area contributed by atoms with Gasteiger partial charge in [-0.15, -0.1) is 0 Å². The van der Waals surface area contributed by atoms with Crippen LogP contribution in [0.25, 0.3) is 0 Å². The van der Waals surface area contributed by atoms with Gasteiger partial charge in [0.05, 0.1) is 29.6 Å². The topological polar surface area (TPSA) is 283 Å². The van der Waals surface area contributed by atoms with Crippen molar-refractivity contribution in [3.8, 4) is 0 Å². The number of hydrogen-bond donors (Lipinski definition) is 4. The highest BCUT2D eigenvalue weighted by Gasteiger charge is 2.79. The minimum Gasteiger partial charge on any atom is -0.455 e. The lowest BCUT2D eigenvalue weighted by atomic mass is 9.44. The molecule has 7 rings (SSSR count). The van der Waals surface area contributed by atoms with E-state index in [9.17, 15) is 43.4 Å². The quantitative estimate of drug-likeness (QED) is 0.0493. The molecular weight excluding hydrogens is 962 g/mol. The number of amides is 1. The SMILES string of the molecule is CCC(=O)O[C@@H](C(=O)O[C@H]1C[C@@]2(O)[C@@H](OC(=O)c3ccccc3)[C@@H]3[C@]4(OC(C)=O)CO[C@@H]4C[C@H](OCOP(=O)(O)O)[C@@]3(C)C(=O)[C@H](OC(C)=O)C(=C1C)C2(C)C)[C@@H](NC(=O)c1ccccc1)c1ccccc1. The first kappa shape index (κ1) is 53.7. The standard InChI is InChI=1S/C51H58NO19P/c1-8-37(55)69-41(39(31-18-12-9-13-19-31)52-45(57)32-20-14-10-15-21-32)47(59)68-34-25-51(60)44(70-46(58)33-22-16-11-17-23-33)42-49(7,43(56)40(67-29(3)53)38(28(34)2)48(51,5)6)35(65-27-66-72(61,62)63)24-36-50(42,26-64-36)71-30(4)54/h9-23,34-36,39-42,44,60H,8,24-27H2,1-7H3,(H,52,57)(H2,61,62,63)/t34-,35-,36+,39-,40+,41+,42-,44-,49+,50-,51+/m0/s1. The van der Waals surface area contributed by atoms with Gasteiger partial charge in [-0.3, -0.25) is 28.5 Å². The van der Waals surface area contributed by atoms with Gasteiger partial charge in [0.15, 0.2) is 24.3 Å². The third kappa shape index (κ3) is 10.1. The molecule has 2 saturated carbocycles. The van der Waals surface area contributed by atoms with E-state index < -0.39 is 140 Å². The van der Waals surface area contributed by atoms with Crippen molar-refractivity contribution >= 4 is 49.4 Å². The minimum absolute atomic E-state index is 0.01000. The first-order valence-corrected chi connectivity index (χ1v) is 24.8. The molecular formula is C51H58NO19P. The fourth-order valence-corrected chi connectivity index (χ4v) is 11.1. The van der Waals surface area contributed by atoms with Crippen LogP contribution in [0.2, 0.25) is 0 Å². The van der Waals surface area contributed by atoms with E-state index in [0.717, 1.165) is 13.8 Å². The Balaban J connectivity index is 1.45. The summed E-state index contributed by atoms with van der Waals surface area (Å²) in [6, 6.07) is 22.5. The van der Waals surface area contributed by atoms with Crippen molar-refractivity contribution in [3.05, 3.63) is 119 Å². The number of carbonyl (C=O) groups is 7. The van der Waals surface area contributed by atoms with E-state index in [0.29, 0.717) is 5.56 Å². The Bertz CT molecular complexity index is 2660. The average molecular weight is 1020 g/mol. The number of ether oxygens (including phenoxy) is 7. The van der Waals surface area contributed by atoms with Crippen LogP contribution in [0.4, 0.5) is 0 Å². The van der Waals surface area contributed by atoms with Crippen molar-refractivity contribution in [1.29, 1.82) is 0 Å². The molecule has 11 atom stereocenters. The van der Waals surface area contributed by atoms with Crippen LogP contribution in [0, 0.1) is 16.7 Å².